The van der Waals surface area contributed by atoms with Crippen molar-refractivity contribution in [1.29, 1.82) is 0 Å². The molecular weight excluding hydrogens is 280 g/mol. The Morgan fingerprint density at radius 2 is 1.09 bits per heavy atom. The molecule has 0 fully saturated rings. The van der Waals surface area contributed by atoms with Crippen LogP contribution >= 0.6 is 0 Å². The lowest BCUT2D eigenvalue weighted by molar-refractivity contribution is 1.04. The van der Waals surface area contributed by atoms with E-state index < -0.39 is 8.80 Å². The average Bonchev–Trinajstić information content (AvgIpc) is 2.57. The molecule has 0 aliphatic rings. The summed E-state index contributed by atoms with van der Waals surface area (Å²) in [6.45, 7) is 4.61. The number of hydrogen-bond donors (Lipinski definition) is 0. The second-order valence-electron chi connectivity index (χ2n) is 5.72. The van der Waals surface area contributed by atoms with E-state index >= 15 is 0 Å². The molecule has 0 amide bonds. The maximum absolute atomic E-state index is 2.39. The van der Waals surface area contributed by atoms with Crippen LogP contribution in [0, 0.1) is 6.92 Å². The third kappa shape index (κ3) is 3.05. The highest BCUT2D eigenvalue weighted by atomic mass is 28.3. The van der Waals surface area contributed by atoms with Gasteiger partial charge in [0.25, 0.3) is 0 Å². The van der Waals surface area contributed by atoms with Gasteiger partial charge in [-0.15, -0.1) is 0 Å². The van der Waals surface area contributed by atoms with E-state index in [-0.39, 0.29) is 0 Å². The minimum Gasteiger partial charge on any atom is -0.0628 e. The van der Waals surface area contributed by atoms with E-state index in [9.17, 15) is 0 Å². The van der Waals surface area contributed by atoms with Gasteiger partial charge in [-0.3, -0.25) is 0 Å². The number of rotatable bonds is 4. The number of hydrogen-bond acceptors (Lipinski definition) is 0. The third-order valence-electron chi connectivity index (χ3n) is 4.26. The standard InChI is InChI=1S/C21H21Si/c1-17-11-9-10-16-21(17)18(2)22(19-12-5-3-6-13-19)20-14-7-4-8-15-20/h3-16,18H,1-2H3/t18-/m0/s1. The van der Waals surface area contributed by atoms with Gasteiger partial charge in [-0.25, -0.2) is 0 Å². The lowest BCUT2D eigenvalue weighted by Gasteiger charge is -2.25. The highest BCUT2D eigenvalue weighted by Gasteiger charge is 2.25. The van der Waals surface area contributed by atoms with Gasteiger partial charge in [0.2, 0.25) is 0 Å². The molecule has 0 aliphatic heterocycles. The molecule has 3 aromatic rings. The maximum Gasteiger partial charge on any atom is 0.128 e. The van der Waals surface area contributed by atoms with Crippen LogP contribution in [0.3, 0.4) is 0 Å². The van der Waals surface area contributed by atoms with E-state index in [2.05, 4.69) is 98.8 Å². The van der Waals surface area contributed by atoms with Crippen LogP contribution in [-0.2, 0) is 0 Å². The minimum absolute atomic E-state index is 0.538. The lowest BCUT2D eigenvalue weighted by atomic mass is 10.1. The maximum atomic E-state index is 2.39. The highest BCUT2D eigenvalue weighted by Crippen LogP contribution is 2.22. The zero-order valence-corrected chi connectivity index (χ0v) is 14.2. The summed E-state index contributed by atoms with van der Waals surface area (Å²) in [5, 5.41) is 2.96. The SMILES string of the molecule is Cc1ccccc1[C@H](C)[Si](c1ccccc1)c1ccccc1. The molecule has 1 radical (unpaired) electrons. The Balaban J connectivity index is 2.08. The summed E-state index contributed by atoms with van der Waals surface area (Å²) < 4.78 is 0. The summed E-state index contributed by atoms with van der Waals surface area (Å²) in [6.07, 6.45) is 0. The Bertz CT molecular complexity index is 680. The fourth-order valence-corrected chi connectivity index (χ4v) is 6.20. The summed E-state index contributed by atoms with van der Waals surface area (Å²) in [5.41, 5.74) is 3.41. The van der Waals surface area contributed by atoms with Crippen LogP contribution in [0.2, 0.25) is 0 Å². The molecule has 0 N–H and O–H groups in total. The van der Waals surface area contributed by atoms with Crippen molar-refractivity contribution < 1.29 is 0 Å². The molecule has 3 aromatic carbocycles. The van der Waals surface area contributed by atoms with Crippen molar-refractivity contribution in [3.05, 3.63) is 96.1 Å². The van der Waals surface area contributed by atoms with E-state index in [1.165, 1.54) is 21.5 Å². The van der Waals surface area contributed by atoms with Crippen LogP contribution in [0.5, 0.6) is 0 Å². The second-order valence-corrected chi connectivity index (χ2v) is 8.57. The van der Waals surface area contributed by atoms with Crippen LogP contribution in [0.1, 0.15) is 23.6 Å². The number of benzene rings is 3. The van der Waals surface area contributed by atoms with Crippen molar-refractivity contribution in [2.45, 2.75) is 19.4 Å². The second kappa shape index (κ2) is 6.76. The largest absolute Gasteiger partial charge is 0.128 e. The van der Waals surface area contributed by atoms with E-state index in [1.807, 2.05) is 0 Å². The first-order chi connectivity index (χ1) is 10.8. The monoisotopic (exact) mass is 301 g/mol. The van der Waals surface area contributed by atoms with Crippen molar-refractivity contribution >= 4 is 19.2 Å². The van der Waals surface area contributed by atoms with E-state index in [0.29, 0.717) is 5.54 Å². The first-order valence-corrected chi connectivity index (χ1v) is 9.38. The van der Waals surface area contributed by atoms with E-state index in [0.717, 1.165) is 0 Å². The van der Waals surface area contributed by atoms with Crippen molar-refractivity contribution in [3.8, 4) is 0 Å². The zero-order chi connectivity index (χ0) is 15.4. The number of aryl methyl sites for hydroxylation is 1. The van der Waals surface area contributed by atoms with Gasteiger partial charge in [-0.1, -0.05) is 102 Å². The molecule has 0 bridgehead atoms. The molecule has 0 heterocycles. The summed E-state index contributed by atoms with van der Waals surface area (Å²) in [4.78, 5) is 0. The van der Waals surface area contributed by atoms with Gasteiger partial charge in [-0.2, -0.15) is 0 Å². The van der Waals surface area contributed by atoms with Gasteiger partial charge in [0.15, 0.2) is 0 Å². The molecule has 0 unspecified atom stereocenters. The van der Waals surface area contributed by atoms with Crippen LogP contribution in [-0.4, -0.2) is 8.80 Å². The average molecular weight is 301 g/mol. The summed E-state index contributed by atoms with van der Waals surface area (Å²) >= 11 is 0. The molecule has 1 atom stereocenters. The normalized spacial score (nSPS) is 12.3. The topological polar surface area (TPSA) is 0 Å². The van der Waals surface area contributed by atoms with Gasteiger partial charge < -0.3 is 0 Å². The summed E-state index contributed by atoms with van der Waals surface area (Å²) in [5.74, 6) is 0. The van der Waals surface area contributed by atoms with Crippen LogP contribution < -0.4 is 10.4 Å². The van der Waals surface area contributed by atoms with E-state index in [4.69, 9.17) is 0 Å². The van der Waals surface area contributed by atoms with Gasteiger partial charge in [-0.05, 0) is 23.6 Å². The molecule has 22 heavy (non-hydrogen) atoms. The fourth-order valence-electron chi connectivity index (χ4n) is 3.13. The zero-order valence-electron chi connectivity index (χ0n) is 13.2. The van der Waals surface area contributed by atoms with Gasteiger partial charge in [0, 0.05) is 0 Å². The third-order valence-corrected chi connectivity index (χ3v) is 7.35. The molecule has 0 saturated carbocycles. The van der Waals surface area contributed by atoms with Gasteiger partial charge >= 0.3 is 0 Å². The minimum atomic E-state index is -0.852. The molecule has 0 nitrogen and oxygen atoms in total. The Kier molecular flexibility index (Phi) is 4.55. The molecule has 0 aliphatic carbocycles. The van der Waals surface area contributed by atoms with Crippen LogP contribution in [0.25, 0.3) is 0 Å². The van der Waals surface area contributed by atoms with Crippen molar-refractivity contribution in [1.82, 2.24) is 0 Å². The molecular formula is C21H21Si. The highest BCUT2D eigenvalue weighted by molar-refractivity contribution is 6.86. The quantitative estimate of drug-likeness (QED) is 0.640. The predicted molar refractivity (Wildman–Crippen MR) is 97.5 cm³/mol. The summed E-state index contributed by atoms with van der Waals surface area (Å²) in [6, 6.07) is 30.8. The van der Waals surface area contributed by atoms with Crippen LogP contribution in [0.4, 0.5) is 0 Å². The van der Waals surface area contributed by atoms with E-state index in [1.54, 1.807) is 0 Å². The first kappa shape index (κ1) is 14.8. The molecule has 0 aromatic heterocycles. The van der Waals surface area contributed by atoms with Crippen molar-refractivity contribution in [2.24, 2.45) is 0 Å². The predicted octanol–water partition coefficient (Wildman–Crippen LogP) is 3.95. The molecule has 109 valence electrons. The molecule has 1 heteroatoms. The molecule has 0 spiro atoms. The lowest BCUT2D eigenvalue weighted by Crippen LogP contribution is -2.46. The Labute approximate surface area is 135 Å². The smallest absolute Gasteiger partial charge is 0.0628 e. The summed E-state index contributed by atoms with van der Waals surface area (Å²) in [7, 11) is -0.852. The first-order valence-electron chi connectivity index (χ1n) is 7.80. The fraction of sp³-hybridized carbons (Fsp3) is 0.143. The van der Waals surface area contributed by atoms with Crippen molar-refractivity contribution in [3.63, 3.8) is 0 Å². The van der Waals surface area contributed by atoms with Gasteiger partial charge in [0.1, 0.15) is 8.80 Å². The Morgan fingerprint density at radius 1 is 0.636 bits per heavy atom. The Morgan fingerprint density at radius 3 is 1.59 bits per heavy atom. The Hall–Kier alpha value is -2.12. The van der Waals surface area contributed by atoms with Crippen molar-refractivity contribution in [2.75, 3.05) is 0 Å². The molecule has 0 saturated heterocycles. The van der Waals surface area contributed by atoms with Gasteiger partial charge in [0.05, 0.1) is 0 Å². The molecule has 3 rings (SSSR count). The van der Waals surface area contributed by atoms with Crippen LogP contribution in [0.15, 0.2) is 84.9 Å².